The molecule has 98 valence electrons. The number of aliphatic hydroxyl groups excluding tert-OH is 1. The van der Waals surface area contributed by atoms with E-state index in [0.717, 1.165) is 5.56 Å². The van der Waals surface area contributed by atoms with Crippen LogP contribution in [-0.2, 0) is 12.6 Å². The monoisotopic (exact) mass is 257 g/mol. The summed E-state index contributed by atoms with van der Waals surface area (Å²) in [7, 11) is 0. The van der Waals surface area contributed by atoms with Crippen molar-refractivity contribution in [2.24, 2.45) is 0 Å². The summed E-state index contributed by atoms with van der Waals surface area (Å²) in [5.41, 5.74) is 0.952. The number of hydrogen-bond donors (Lipinski definition) is 2. The molecule has 0 aliphatic heterocycles. The molecule has 2 aromatic rings. The Morgan fingerprint density at radius 3 is 2.61 bits per heavy atom. The largest absolute Gasteiger partial charge is 0.431 e. The molecule has 0 atom stereocenters. The summed E-state index contributed by atoms with van der Waals surface area (Å²) in [4.78, 5) is 2.43. The smallest absolute Gasteiger partial charge is 0.396 e. The van der Waals surface area contributed by atoms with Crippen LogP contribution in [0, 0.1) is 6.92 Å². The summed E-state index contributed by atoms with van der Waals surface area (Å²) < 4.78 is 38.8. The maximum absolute atomic E-state index is 12.9. The topological polar surface area (TPSA) is 36.0 Å². The van der Waals surface area contributed by atoms with Crippen LogP contribution < -0.4 is 0 Å². The molecule has 0 fully saturated rings. The van der Waals surface area contributed by atoms with Gasteiger partial charge in [0.15, 0.2) is 0 Å². The van der Waals surface area contributed by atoms with Crippen molar-refractivity contribution in [1.29, 1.82) is 0 Å². The number of aromatic nitrogens is 1. The van der Waals surface area contributed by atoms with Gasteiger partial charge in [-0.1, -0.05) is 11.6 Å². The Morgan fingerprint density at radius 2 is 2.00 bits per heavy atom. The number of fused-ring (bicyclic) bond motifs is 1. The molecule has 2 nitrogen and oxygen atoms in total. The van der Waals surface area contributed by atoms with Crippen molar-refractivity contribution in [2.75, 3.05) is 6.61 Å². The minimum Gasteiger partial charge on any atom is -0.396 e. The van der Waals surface area contributed by atoms with Crippen LogP contribution in [0.5, 0.6) is 0 Å². The number of rotatable bonds is 3. The van der Waals surface area contributed by atoms with Crippen molar-refractivity contribution in [3.8, 4) is 0 Å². The number of aliphatic hydroxyl groups is 1. The van der Waals surface area contributed by atoms with Gasteiger partial charge >= 0.3 is 6.18 Å². The lowest BCUT2D eigenvalue weighted by atomic mass is 10.0. The predicted octanol–water partition coefficient (Wildman–Crippen LogP) is 3.42. The number of halogens is 3. The van der Waals surface area contributed by atoms with Gasteiger partial charge in [-0.05, 0) is 37.5 Å². The van der Waals surface area contributed by atoms with Crippen LogP contribution in [0.25, 0.3) is 10.9 Å². The molecule has 1 aromatic carbocycles. The molecule has 2 N–H and O–H groups in total. The molecular formula is C13H14F3NO. The molecule has 0 radical (unpaired) electrons. The number of aromatic amines is 1. The summed E-state index contributed by atoms with van der Waals surface area (Å²) in [6.45, 7) is 1.73. The molecule has 18 heavy (non-hydrogen) atoms. The second kappa shape index (κ2) is 4.65. The Labute approximate surface area is 102 Å². The molecule has 0 saturated carbocycles. The van der Waals surface area contributed by atoms with Crippen LogP contribution >= 0.6 is 0 Å². The van der Waals surface area contributed by atoms with Crippen molar-refractivity contribution in [3.05, 3.63) is 35.0 Å². The number of H-pyrrole nitrogens is 1. The van der Waals surface area contributed by atoms with E-state index in [1.54, 1.807) is 18.2 Å². The van der Waals surface area contributed by atoms with Crippen LogP contribution in [0.4, 0.5) is 13.2 Å². The first kappa shape index (κ1) is 13.0. The summed E-state index contributed by atoms with van der Waals surface area (Å²) in [5.74, 6) is 0. The van der Waals surface area contributed by atoms with E-state index < -0.39 is 11.9 Å². The van der Waals surface area contributed by atoms with E-state index in [4.69, 9.17) is 5.11 Å². The molecule has 0 saturated heterocycles. The van der Waals surface area contributed by atoms with E-state index in [-0.39, 0.29) is 18.6 Å². The highest BCUT2D eigenvalue weighted by atomic mass is 19.4. The SMILES string of the molecule is Cc1ccc2[nH]c(C(F)(F)F)c(CCCO)c2c1. The van der Waals surface area contributed by atoms with E-state index in [9.17, 15) is 13.2 Å². The number of benzene rings is 1. The number of hydrogen-bond acceptors (Lipinski definition) is 1. The lowest BCUT2D eigenvalue weighted by Gasteiger charge is -2.07. The standard InChI is InChI=1S/C13H14F3NO/c1-8-4-5-11-10(7-8)9(3-2-6-18)12(17-11)13(14,15)16/h4-5,7,17-18H,2-3,6H2,1H3. The zero-order chi connectivity index (χ0) is 13.3. The summed E-state index contributed by atoms with van der Waals surface area (Å²) >= 11 is 0. The van der Waals surface area contributed by atoms with Crippen molar-refractivity contribution in [3.63, 3.8) is 0 Å². The van der Waals surface area contributed by atoms with Gasteiger partial charge in [-0.25, -0.2) is 0 Å². The second-order valence-electron chi connectivity index (χ2n) is 4.35. The van der Waals surface area contributed by atoms with Crippen molar-refractivity contribution >= 4 is 10.9 Å². The summed E-state index contributed by atoms with van der Waals surface area (Å²) in [6, 6.07) is 5.17. The fourth-order valence-corrected chi connectivity index (χ4v) is 2.12. The van der Waals surface area contributed by atoms with Gasteiger partial charge in [0.05, 0.1) is 0 Å². The Balaban J connectivity index is 2.62. The van der Waals surface area contributed by atoms with Crippen LogP contribution in [0.1, 0.15) is 23.2 Å². The third-order valence-electron chi connectivity index (χ3n) is 2.93. The minimum absolute atomic E-state index is 0.115. The molecule has 1 heterocycles. The molecule has 0 aliphatic carbocycles. The molecule has 2 rings (SSSR count). The van der Waals surface area contributed by atoms with Crippen LogP contribution in [0.3, 0.4) is 0 Å². The van der Waals surface area contributed by atoms with Crippen molar-refractivity contribution in [2.45, 2.75) is 25.9 Å². The predicted molar refractivity (Wildman–Crippen MR) is 63.4 cm³/mol. The lowest BCUT2D eigenvalue weighted by molar-refractivity contribution is -0.141. The Bertz CT molecular complexity index is 557. The van der Waals surface area contributed by atoms with Gasteiger partial charge in [0, 0.05) is 17.5 Å². The highest BCUT2D eigenvalue weighted by Gasteiger charge is 2.36. The van der Waals surface area contributed by atoms with Gasteiger partial charge in [0.1, 0.15) is 5.69 Å². The first-order valence-electron chi connectivity index (χ1n) is 5.72. The molecule has 1 aromatic heterocycles. The summed E-state index contributed by atoms with van der Waals surface area (Å²) in [6.07, 6.45) is -3.85. The first-order valence-corrected chi connectivity index (χ1v) is 5.72. The number of aryl methyl sites for hydroxylation is 2. The number of nitrogens with one attached hydrogen (secondary N) is 1. The van der Waals surface area contributed by atoms with Gasteiger partial charge in [-0.15, -0.1) is 0 Å². The number of alkyl halides is 3. The average molecular weight is 257 g/mol. The van der Waals surface area contributed by atoms with Crippen molar-refractivity contribution < 1.29 is 18.3 Å². The maximum atomic E-state index is 12.9. The van der Waals surface area contributed by atoms with Gasteiger partial charge in [0.25, 0.3) is 0 Å². The lowest BCUT2D eigenvalue weighted by Crippen LogP contribution is -2.09. The zero-order valence-corrected chi connectivity index (χ0v) is 9.93. The van der Waals surface area contributed by atoms with Gasteiger partial charge in [-0.2, -0.15) is 13.2 Å². The molecular weight excluding hydrogens is 243 g/mol. The average Bonchev–Trinajstić information content (AvgIpc) is 2.64. The van der Waals surface area contributed by atoms with E-state index in [0.29, 0.717) is 17.3 Å². The Hall–Kier alpha value is -1.49. The van der Waals surface area contributed by atoms with Crippen molar-refractivity contribution in [1.82, 2.24) is 4.98 Å². The molecule has 0 amide bonds. The van der Waals surface area contributed by atoms with Crippen LogP contribution in [0.2, 0.25) is 0 Å². The molecule has 5 heteroatoms. The van der Waals surface area contributed by atoms with Crippen LogP contribution in [-0.4, -0.2) is 16.7 Å². The van der Waals surface area contributed by atoms with Crippen LogP contribution in [0.15, 0.2) is 18.2 Å². The second-order valence-corrected chi connectivity index (χ2v) is 4.35. The highest BCUT2D eigenvalue weighted by Crippen LogP contribution is 2.36. The normalized spacial score (nSPS) is 12.3. The van der Waals surface area contributed by atoms with Gasteiger partial charge < -0.3 is 10.1 Å². The molecule has 0 spiro atoms. The highest BCUT2D eigenvalue weighted by molar-refractivity contribution is 5.85. The fourth-order valence-electron chi connectivity index (χ4n) is 2.12. The maximum Gasteiger partial charge on any atom is 0.431 e. The third kappa shape index (κ3) is 2.36. The Kier molecular flexibility index (Phi) is 3.34. The van der Waals surface area contributed by atoms with Gasteiger partial charge in [0.2, 0.25) is 0 Å². The first-order chi connectivity index (χ1) is 8.43. The van der Waals surface area contributed by atoms with Gasteiger partial charge in [-0.3, -0.25) is 0 Å². The molecule has 0 unspecified atom stereocenters. The molecule has 0 bridgehead atoms. The third-order valence-corrected chi connectivity index (χ3v) is 2.93. The van der Waals surface area contributed by atoms with E-state index in [1.807, 2.05) is 6.92 Å². The van der Waals surface area contributed by atoms with E-state index in [2.05, 4.69) is 4.98 Å². The fraction of sp³-hybridized carbons (Fsp3) is 0.385. The summed E-state index contributed by atoms with van der Waals surface area (Å²) in [5, 5.41) is 9.39. The quantitative estimate of drug-likeness (QED) is 0.868. The minimum atomic E-state index is -4.39. The van der Waals surface area contributed by atoms with E-state index >= 15 is 0 Å². The zero-order valence-electron chi connectivity index (χ0n) is 9.93. The molecule has 0 aliphatic rings. The van der Waals surface area contributed by atoms with E-state index in [1.165, 1.54) is 0 Å². The Morgan fingerprint density at radius 1 is 1.28 bits per heavy atom.